The molecule has 0 spiro atoms. The van der Waals surface area contributed by atoms with Crippen LogP contribution in [0.4, 0.5) is 0 Å². The molecule has 0 radical (unpaired) electrons. The van der Waals surface area contributed by atoms with Crippen LogP contribution in [0, 0.1) is 11.8 Å². The highest BCUT2D eigenvalue weighted by molar-refractivity contribution is 5.96. The molecule has 0 bridgehead atoms. The third-order valence-corrected chi connectivity index (χ3v) is 5.81. The van der Waals surface area contributed by atoms with Gasteiger partial charge in [-0.05, 0) is 43.7 Å². The van der Waals surface area contributed by atoms with Crippen LogP contribution in [0.25, 0.3) is 6.08 Å². The minimum atomic E-state index is -0.807. The standard InChI is InChI=1S/C25H34O7/c1-16-12-13-19(26)23-21(31-25(3,4)32-23)11-7-9-18-8-6-10-20(30-15-28-5)22(18)24(27)29-14-17(16)2/h6-10,12-13,16-17,19,21,23,26H,11,14-15H2,1-5H3/b9-7?,13-12-/t16-,17+,19?,21+,23-/m1/s1. The predicted octanol–water partition coefficient (Wildman–Crippen LogP) is 3.95. The second-order valence-electron chi connectivity index (χ2n) is 8.86. The number of rotatable bonds is 3. The molecular weight excluding hydrogens is 412 g/mol. The third kappa shape index (κ3) is 5.98. The first kappa shape index (κ1) is 24.5. The van der Waals surface area contributed by atoms with Crippen molar-refractivity contribution in [3.8, 4) is 5.75 Å². The van der Waals surface area contributed by atoms with Crippen LogP contribution in [0.3, 0.4) is 0 Å². The van der Waals surface area contributed by atoms with Crippen molar-refractivity contribution in [1.82, 2.24) is 0 Å². The number of carbonyl (C=O) groups excluding carboxylic acids is 1. The van der Waals surface area contributed by atoms with Crippen LogP contribution in [-0.4, -0.2) is 55.7 Å². The number of ether oxygens (including phenoxy) is 5. The molecule has 0 amide bonds. The average Bonchev–Trinajstić information content (AvgIpc) is 3.07. The summed E-state index contributed by atoms with van der Waals surface area (Å²) in [6, 6.07) is 5.37. The van der Waals surface area contributed by atoms with Gasteiger partial charge in [0.1, 0.15) is 23.5 Å². The number of aliphatic hydroxyl groups is 1. The summed E-state index contributed by atoms with van der Waals surface area (Å²) in [6.07, 6.45) is 6.31. The van der Waals surface area contributed by atoms with Gasteiger partial charge in [-0.2, -0.15) is 0 Å². The van der Waals surface area contributed by atoms with Gasteiger partial charge in [0.05, 0.1) is 12.7 Å². The zero-order chi connectivity index (χ0) is 23.3. The SMILES string of the molecule is COCOc1cccc2c1C(=O)OC[C@H](C)[C@H](C)/C=C\C(O)[C@H]1OC(C)(C)O[C@H]1CC=C2. The van der Waals surface area contributed by atoms with Crippen molar-refractivity contribution in [1.29, 1.82) is 0 Å². The van der Waals surface area contributed by atoms with E-state index in [1.54, 1.807) is 12.1 Å². The Morgan fingerprint density at radius 3 is 2.72 bits per heavy atom. The Morgan fingerprint density at radius 2 is 1.97 bits per heavy atom. The number of hydrogen-bond donors (Lipinski definition) is 1. The van der Waals surface area contributed by atoms with E-state index in [4.69, 9.17) is 23.7 Å². The molecule has 3 rings (SSSR count). The van der Waals surface area contributed by atoms with Crippen LogP contribution in [-0.2, 0) is 18.9 Å². The minimum absolute atomic E-state index is 0.0214. The number of allylic oxidation sites excluding steroid dienone is 1. The molecule has 1 aromatic rings. The number of benzene rings is 1. The fourth-order valence-electron chi connectivity index (χ4n) is 3.83. The molecule has 5 atom stereocenters. The predicted molar refractivity (Wildman–Crippen MR) is 120 cm³/mol. The van der Waals surface area contributed by atoms with Gasteiger partial charge in [0.2, 0.25) is 0 Å². The van der Waals surface area contributed by atoms with E-state index in [9.17, 15) is 9.90 Å². The molecule has 0 aliphatic carbocycles. The number of methoxy groups -OCH3 is 1. The number of cyclic esters (lactones) is 1. The van der Waals surface area contributed by atoms with Crippen LogP contribution >= 0.6 is 0 Å². The topological polar surface area (TPSA) is 83.5 Å². The monoisotopic (exact) mass is 446 g/mol. The van der Waals surface area contributed by atoms with Gasteiger partial charge in [-0.3, -0.25) is 0 Å². The molecule has 0 aromatic heterocycles. The number of aliphatic hydroxyl groups excluding tert-OH is 1. The van der Waals surface area contributed by atoms with Gasteiger partial charge < -0.3 is 28.8 Å². The first-order valence-electron chi connectivity index (χ1n) is 11.0. The summed E-state index contributed by atoms with van der Waals surface area (Å²) >= 11 is 0. The molecule has 0 saturated carbocycles. The fraction of sp³-hybridized carbons (Fsp3) is 0.560. The first-order valence-corrected chi connectivity index (χ1v) is 11.0. The number of esters is 1. The Balaban J connectivity index is 1.97. The van der Waals surface area contributed by atoms with Crippen LogP contribution in [0.15, 0.2) is 36.4 Å². The summed E-state index contributed by atoms with van der Waals surface area (Å²) in [7, 11) is 1.52. The van der Waals surface area contributed by atoms with E-state index in [1.807, 2.05) is 58.1 Å². The van der Waals surface area contributed by atoms with Crippen molar-refractivity contribution in [2.24, 2.45) is 11.8 Å². The van der Waals surface area contributed by atoms with E-state index in [-0.39, 0.29) is 31.3 Å². The summed E-state index contributed by atoms with van der Waals surface area (Å²) in [5, 5.41) is 10.8. The van der Waals surface area contributed by atoms with Crippen LogP contribution in [0.5, 0.6) is 5.75 Å². The number of hydrogen-bond acceptors (Lipinski definition) is 7. The highest BCUT2D eigenvalue weighted by Crippen LogP contribution is 2.33. The van der Waals surface area contributed by atoms with Crippen molar-refractivity contribution in [2.75, 3.05) is 20.5 Å². The lowest BCUT2D eigenvalue weighted by atomic mass is 9.95. The van der Waals surface area contributed by atoms with Crippen LogP contribution in [0.2, 0.25) is 0 Å². The Bertz CT molecular complexity index is 845. The van der Waals surface area contributed by atoms with Crippen molar-refractivity contribution in [2.45, 2.75) is 58.2 Å². The molecule has 2 aliphatic rings. The van der Waals surface area contributed by atoms with Crippen molar-refractivity contribution >= 4 is 12.0 Å². The Hall–Kier alpha value is -2.19. The van der Waals surface area contributed by atoms with E-state index in [0.717, 1.165) is 0 Å². The lowest BCUT2D eigenvalue weighted by Gasteiger charge is -2.21. The lowest BCUT2D eigenvalue weighted by Crippen LogP contribution is -2.34. The molecular formula is C25H34O7. The van der Waals surface area contributed by atoms with Gasteiger partial charge >= 0.3 is 5.97 Å². The Labute approximate surface area is 189 Å². The molecule has 2 aliphatic heterocycles. The molecule has 1 saturated heterocycles. The van der Waals surface area contributed by atoms with E-state index in [2.05, 4.69) is 0 Å². The summed E-state index contributed by atoms with van der Waals surface area (Å²) < 4.78 is 28.3. The van der Waals surface area contributed by atoms with E-state index < -0.39 is 24.0 Å². The highest BCUT2D eigenvalue weighted by Gasteiger charge is 2.43. The van der Waals surface area contributed by atoms with E-state index >= 15 is 0 Å². The normalized spacial score (nSPS) is 31.6. The third-order valence-electron chi connectivity index (χ3n) is 5.81. The summed E-state index contributed by atoms with van der Waals surface area (Å²) in [5.41, 5.74) is 1.03. The van der Waals surface area contributed by atoms with E-state index in [0.29, 0.717) is 23.3 Å². The molecule has 7 heteroatoms. The molecule has 1 aromatic carbocycles. The Morgan fingerprint density at radius 1 is 1.19 bits per heavy atom. The smallest absolute Gasteiger partial charge is 0.342 e. The first-order chi connectivity index (χ1) is 15.2. The van der Waals surface area contributed by atoms with Gasteiger partial charge in [0.15, 0.2) is 12.6 Å². The van der Waals surface area contributed by atoms with Crippen molar-refractivity contribution in [3.63, 3.8) is 0 Å². The van der Waals surface area contributed by atoms with Gasteiger partial charge in [0, 0.05) is 7.11 Å². The largest absolute Gasteiger partial charge is 0.467 e. The molecule has 1 N–H and O–H groups in total. The van der Waals surface area contributed by atoms with Gasteiger partial charge in [-0.25, -0.2) is 4.79 Å². The van der Waals surface area contributed by atoms with Gasteiger partial charge in [-0.1, -0.05) is 50.3 Å². The maximum atomic E-state index is 13.0. The number of carbonyl (C=O) groups is 1. The van der Waals surface area contributed by atoms with Crippen LogP contribution in [0.1, 0.15) is 50.0 Å². The molecule has 32 heavy (non-hydrogen) atoms. The molecule has 2 heterocycles. The van der Waals surface area contributed by atoms with Gasteiger partial charge in [-0.15, -0.1) is 0 Å². The number of fused-ring (bicyclic) bond motifs is 2. The van der Waals surface area contributed by atoms with E-state index in [1.165, 1.54) is 7.11 Å². The summed E-state index contributed by atoms with van der Waals surface area (Å²) in [6.45, 7) is 7.97. The average molecular weight is 447 g/mol. The summed E-state index contributed by atoms with van der Waals surface area (Å²) in [4.78, 5) is 13.0. The lowest BCUT2D eigenvalue weighted by molar-refractivity contribution is -0.152. The second kappa shape index (κ2) is 10.6. The Kier molecular flexibility index (Phi) is 8.11. The zero-order valence-electron chi connectivity index (χ0n) is 19.4. The highest BCUT2D eigenvalue weighted by atomic mass is 16.8. The molecule has 1 fully saturated rings. The van der Waals surface area contributed by atoms with Crippen molar-refractivity contribution in [3.05, 3.63) is 47.6 Å². The molecule has 1 unspecified atom stereocenters. The van der Waals surface area contributed by atoms with Gasteiger partial charge in [0.25, 0.3) is 0 Å². The maximum absolute atomic E-state index is 13.0. The second-order valence-corrected chi connectivity index (χ2v) is 8.86. The molecule has 7 nitrogen and oxygen atoms in total. The summed E-state index contributed by atoms with van der Waals surface area (Å²) in [5.74, 6) is -0.710. The zero-order valence-corrected chi connectivity index (χ0v) is 19.4. The fourth-order valence-corrected chi connectivity index (χ4v) is 3.83. The quantitative estimate of drug-likeness (QED) is 0.428. The maximum Gasteiger partial charge on any atom is 0.342 e. The molecule has 176 valence electrons. The van der Waals surface area contributed by atoms with Crippen molar-refractivity contribution < 1.29 is 33.6 Å². The van der Waals surface area contributed by atoms with Crippen LogP contribution < -0.4 is 4.74 Å². The minimum Gasteiger partial charge on any atom is -0.467 e.